The van der Waals surface area contributed by atoms with E-state index in [2.05, 4.69) is 5.43 Å². The molecule has 1 amide bonds. The van der Waals surface area contributed by atoms with Gasteiger partial charge in [0.25, 0.3) is 5.91 Å². The van der Waals surface area contributed by atoms with Crippen LogP contribution in [0.25, 0.3) is 0 Å². The van der Waals surface area contributed by atoms with Crippen LogP contribution in [0.4, 0.5) is 10.1 Å². The highest BCUT2D eigenvalue weighted by atomic mass is 19.1. The molecule has 20 heavy (non-hydrogen) atoms. The second kappa shape index (κ2) is 6.67. The van der Waals surface area contributed by atoms with Gasteiger partial charge in [0.2, 0.25) is 0 Å². The van der Waals surface area contributed by atoms with Crippen LogP contribution >= 0.6 is 0 Å². The van der Waals surface area contributed by atoms with Crippen LogP contribution < -0.4 is 11.3 Å². The molecule has 0 aromatic heterocycles. The van der Waals surface area contributed by atoms with Gasteiger partial charge in [-0.25, -0.2) is 4.39 Å². The van der Waals surface area contributed by atoms with Gasteiger partial charge in [-0.2, -0.15) is 0 Å². The number of rotatable bonds is 4. The maximum absolute atomic E-state index is 13.6. The lowest BCUT2D eigenvalue weighted by atomic mass is 9.94. The van der Waals surface area contributed by atoms with Crippen LogP contribution in [0, 0.1) is 11.7 Å². The Hall–Kier alpha value is -1.66. The van der Waals surface area contributed by atoms with Gasteiger partial charge in [0.15, 0.2) is 0 Å². The summed E-state index contributed by atoms with van der Waals surface area (Å²) in [6.07, 6.45) is 2.60. The third kappa shape index (κ3) is 3.08. The monoisotopic (exact) mass is 281 g/mol. The van der Waals surface area contributed by atoms with Crippen LogP contribution in [-0.4, -0.2) is 35.6 Å². The Balaban J connectivity index is 2.16. The van der Waals surface area contributed by atoms with Gasteiger partial charge < -0.3 is 15.4 Å². The number of nitrogens with two attached hydrogens (primary N) is 1. The molecule has 2 rings (SSSR count). The van der Waals surface area contributed by atoms with Crippen molar-refractivity contribution in [2.24, 2.45) is 11.8 Å². The van der Waals surface area contributed by atoms with Gasteiger partial charge in [-0.3, -0.25) is 10.6 Å². The normalized spacial score (nSPS) is 18.9. The molecule has 1 aromatic carbocycles. The molecule has 0 bridgehead atoms. The first-order chi connectivity index (χ1) is 9.67. The number of amides is 1. The average Bonchev–Trinajstić information content (AvgIpc) is 2.47. The Labute approximate surface area is 117 Å². The quantitative estimate of drug-likeness (QED) is 0.575. The van der Waals surface area contributed by atoms with Crippen molar-refractivity contribution in [1.29, 1.82) is 0 Å². The minimum absolute atomic E-state index is 0.0294. The highest BCUT2D eigenvalue weighted by molar-refractivity contribution is 5.99. The first kappa shape index (κ1) is 14.7. The van der Waals surface area contributed by atoms with Crippen molar-refractivity contribution in [2.75, 3.05) is 25.1 Å². The molecule has 5 nitrogen and oxygen atoms in total. The number of anilines is 1. The molecule has 1 aromatic rings. The lowest BCUT2D eigenvalue weighted by Crippen LogP contribution is -2.40. The lowest BCUT2D eigenvalue weighted by molar-refractivity contribution is 0.0654. The van der Waals surface area contributed by atoms with Crippen molar-refractivity contribution >= 4 is 11.6 Å². The molecule has 0 saturated carbocycles. The largest absolute Gasteiger partial charge is 0.396 e. The Kier molecular flexibility index (Phi) is 4.92. The van der Waals surface area contributed by atoms with Crippen molar-refractivity contribution < 1.29 is 14.3 Å². The van der Waals surface area contributed by atoms with Crippen LogP contribution in [0.2, 0.25) is 0 Å². The van der Waals surface area contributed by atoms with E-state index in [4.69, 9.17) is 10.9 Å². The van der Waals surface area contributed by atoms with Gasteiger partial charge >= 0.3 is 0 Å². The number of piperidine rings is 1. The summed E-state index contributed by atoms with van der Waals surface area (Å²) >= 11 is 0. The molecule has 0 aliphatic carbocycles. The summed E-state index contributed by atoms with van der Waals surface area (Å²) in [6, 6.07) is 4.32. The molecule has 1 aliphatic rings. The van der Waals surface area contributed by atoms with E-state index in [0.29, 0.717) is 25.4 Å². The van der Waals surface area contributed by atoms with Crippen molar-refractivity contribution in [3.8, 4) is 0 Å². The summed E-state index contributed by atoms with van der Waals surface area (Å²) in [5, 5.41) is 9.00. The summed E-state index contributed by atoms with van der Waals surface area (Å²) in [5.41, 5.74) is 2.53. The third-order valence-corrected chi connectivity index (χ3v) is 3.73. The SMILES string of the molecule is NNc1c(F)cccc1C(=O)N1CCCC(CCO)C1. The maximum Gasteiger partial charge on any atom is 0.256 e. The van der Waals surface area contributed by atoms with Crippen LogP contribution in [0.1, 0.15) is 29.6 Å². The number of benzene rings is 1. The van der Waals surface area contributed by atoms with Crippen LogP contribution in [0.3, 0.4) is 0 Å². The second-order valence-corrected chi connectivity index (χ2v) is 5.08. The van der Waals surface area contributed by atoms with Gasteiger partial charge in [0.1, 0.15) is 5.82 Å². The van der Waals surface area contributed by atoms with Gasteiger partial charge in [0, 0.05) is 19.7 Å². The highest BCUT2D eigenvalue weighted by Crippen LogP contribution is 2.24. The summed E-state index contributed by atoms with van der Waals surface area (Å²) in [5.74, 6) is 4.84. The molecular formula is C14H20FN3O2. The Morgan fingerprint density at radius 2 is 2.35 bits per heavy atom. The molecule has 1 atom stereocenters. The molecule has 0 radical (unpaired) electrons. The number of likely N-dealkylation sites (tertiary alicyclic amines) is 1. The van der Waals surface area contributed by atoms with Crippen molar-refractivity contribution in [2.45, 2.75) is 19.3 Å². The first-order valence-corrected chi connectivity index (χ1v) is 6.82. The van der Waals surface area contributed by atoms with Crippen molar-refractivity contribution in [1.82, 2.24) is 4.90 Å². The number of carbonyl (C=O) groups excluding carboxylic acids is 1. The van der Waals surface area contributed by atoms with Gasteiger partial charge in [-0.15, -0.1) is 0 Å². The van der Waals surface area contributed by atoms with E-state index < -0.39 is 5.82 Å². The molecule has 1 unspecified atom stereocenters. The van der Waals surface area contributed by atoms with E-state index in [1.165, 1.54) is 12.1 Å². The summed E-state index contributed by atoms with van der Waals surface area (Å²) < 4.78 is 13.6. The molecule has 1 saturated heterocycles. The first-order valence-electron chi connectivity index (χ1n) is 6.82. The summed E-state index contributed by atoms with van der Waals surface area (Å²) in [4.78, 5) is 14.2. The zero-order chi connectivity index (χ0) is 14.5. The molecule has 4 N–H and O–H groups in total. The minimum atomic E-state index is -0.540. The third-order valence-electron chi connectivity index (χ3n) is 3.73. The highest BCUT2D eigenvalue weighted by Gasteiger charge is 2.26. The summed E-state index contributed by atoms with van der Waals surface area (Å²) in [6.45, 7) is 1.38. The van der Waals surface area contributed by atoms with E-state index in [0.717, 1.165) is 12.8 Å². The van der Waals surface area contributed by atoms with Crippen LogP contribution in [-0.2, 0) is 0 Å². The Bertz CT molecular complexity index is 479. The predicted octanol–water partition coefficient (Wildman–Crippen LogP) is 1.35. The number of carbonyl (C=O) groups is 1. The lowest BCUT2D eigenvalue weighted by Gasteiger charge is -2.33. The minimum Gasteiger partial charge on any atom is -0.396 e. The zero-order valence-corrected chi connectivity index (χ0v) is 11.3. The average molecular weight is 281 g/mol. The standard InChI is InChI=1S/C14H20FN3O2/c15-12-5-1-4-11(13(12)17-16)14(20)18-7-2-3-10(9-18)6-8-19/h1,4-5,10,17,19H,2-3,6-9,16H2. The van der Waals surface area contributed by atoms with Gasteiger partial charge in [-0.1, -0.05) is 6.07 Å². The van der Waals surface area contributed by atoms with E-state index >= 15 is 0 Å². The van der Waals surface area contributed by atoms with E-state index in [9.17, 15) is 9.18 Å². The number of hydrogen-bond acceptors (Lipinski definition) is 4. The topological polar surface area (TPSA) is 78.6 Å². The molecule has 1 heterocycles. The number of nitrogen functional groups attached to an aromatic ring is 1. The Morgan fingerprint density at radius 1 is 1.55 bits per heavy atom. The number of halogens is 1. The number of nitrogens with one attached hydrogen (secondary N) is 1. The number of aliphatic hydroxyl groups is 1. The molecule has 0 spiro atoms. The molecule has 110 valence electrons. The number of hydrazine groups is 1. The van der Waals surface area contributed by atoms with Crippen LogP contribution in [0.15, 0.2) is 18.2 Å². The molecular weight excluding hydrogens is 261 g/mol. The smallest absolute Gasteiger partial charge is 0.256 e. The Morgan fingerprint density at radius 3 is 3.05 bits per heavy atom. The molecule has 1 fully saturated rings. The number of para-hydroxylation sites is 1. The maximum atomic E-state index is 13.6. The number of aliphatic hydroxyl groups excluding tert-OH is 1. The van der Waals surface area contributed by atoms with Crippen molar-refractivity contribution in [3.05, 3.63) is 29.6 Å². The predicted molar refractivity (Wildman–Crippen MR) is 74.5 cm³/mol. The molecule has 1 aliphatic heterocycles. The zero-order valence-electron chi connectivity index (χ0n) is 11.3. The number of hydrogen-bond donors (Lipinski definition) is 3. The van der Waals surface area contributed by atoms with Gasteiger partial charge in [-0.05, 0) is 37.3 Å². The second-order valence-electron chi connectivity index (χ2n) is 5.08. The van der Waals surface area contributed by atoms with Crippen LogP contribution in [0.5, 0.6) is 0 Å². The van der Waals surface area contributed by atoms with E-state index in [-0.39, 0.29) is 23.8 Å². The summed E-state index contributed by atoms with van der Waals surface area (Å²) in [7, 11) is 0. The molecule has 6 heteroatoms. The fourth-order valence-electron chi connectivity index (χ4n) is 2.69. The van der Waals surface area contributed by atoms with E-state index in [1.807, 2.05) is 0 Å². The number of nitrogens with zero attached hydrogens (tertiary/aromatic N) is 1. The van der Waals surface area contributed by atoms with Crippen molar-refractivity contribution in [3.63, 3.8) is 0 Å². The fraction of sp³-hybridized carbons (Fsp3) is 0.500. The van der Waals surface area contributed by atoms with E-state index in [1.54, 1.807) is 11.0 Å². The van der Waals surface area contributed by atoms with Gasteiger partial charge in [0.05, 0.1) is 11.3 Å². The fourth-order valence-corrected chi connectivity index (χ4v) is 2.69.